The number of nitrogens with zero attached hydrogens (tertiary/aromatic N) is 4. The first-order valence-corrected chi connectivity index (χ1v) is 7.97. The van der Waals surface area contributed by atoms with Crippen molar-refractivity contribution in [3.05, 3.63) is 72.3 Å². The van der Waals surface area contributed by atoms with E-state index in [9.17, 15) is 4.79 Å². The van der Waals surface area contributed by atoms with Gasteiger partial charge in [-0.1, -0.05) is 24.3 Å². The van der Waals surface area contributed by atoms with Crippen molar-refractivity contribution >= 4 is 5.91 Å². The van der Waals surface area contributed by atoms with Crippen molar-refractivity contribution in [2.24, 2.45) is 0 Å². The zero-order chi connectivity index (χ0) is 17.8. The Balaban J connectivity index is 1.80. The number of benzene rings is 2. The van der Waals surface area contributed by atoms with Crippen LogP contribution in [0.4, 0.5) is 0 Å². The third kappa shape index (κ3) is 3.38. The maximum absolute atomic E-state index is 12.8. The zero-order valence-electron chi connectivity index (χ0n) is 14.5. The molecule has 0 N–H and O–H groups in total. The van der Waals surface area contributed by atoms with Gasteiger partial charge in [-0.2, -0.15) is 5.10 Å². The van der Waals surface area contributed by atoms with E-state index in [1.165, 1.54) is 6.33 Å². The molecule has 0 aliphatic rings. The number of methoxy groups -OCH3 is 1. The first-order chi connectivity index (χ1) is 12.1. The van der Waals surface area contributed by atoms with Crippen LogP contribution < -0.4 is 4.74 Å². The van der Waals surface area contributed by atoms with Gasteiger partial charge in [-0.3, -0.25) is 4.79 Å². The van der Waals surface area contributed by atoms with Gasteiger partial charge in [-0.05, 0) is 36.8 Å². The van der Waals surface area contributed by atoms with E-state index in [-0.39, 0.29) is 11.9 Å². The molecule has 1 aromatic heterocycles. The molecular formula is C19H20N4O2. The van der Waals surface area contributed by atoms with E-state index in [1.54, 1.807) is 42.2 Å². The fourth-order valence-corrected chi connectivity index (χ4v) is 2.66. The Morgan fingerprint density at radius 2 is 1.88 bits per heavy atom. The van der Waals surface area contributed by atoms with Crippen LogP contribution in [0.2, 0.25) is 0 Å². The highest BCUT2D eigenvalue weighted by Crippen LogP contribution is 2.25. The molecule has 2 aromatic carbocycles. The lowest BCUT2D eigenvalue weighted by atomic mass is 10.1. The van der Waals surface area contributed by atoms with Crippen molar-refractivity contribution in [2.75, 3.05) is 14.2 Å². The average Bonchev–Trinajstić information content (AvgIpc) is 3.21. The van der Waals surface area contributed by atoms with Gasteiger partial charge in [0.15, 0.2) is 0 Å². The van der Waals surface area contributed by atoms with Crippen LogP contribution in [0.25, 0.3) is 5.69 Å². The predicted octanol–water partition coefficient (Wildman–Crippen LogP) is 3.11. The molecule has 0 unspecified atom stereocenters. The fraction of sp³-hybridized carbons (Fsp3) is 0.211. The molecule has 0 spiro atoms. The molecule has 25 heavy (non-hydrogen) atoms. The summed E-state index contributed by atoms with van der Waals surface area (Å²) in [5.74, 6) is 0.499. The molecule has 0 bridgehead atoms. The molecular weight excluding hydrogens is 316 g/mol. The highest BCUT2D eigenvalue weighted by atomic mass is 16.5. The summed E-state index contributed by atoms with van der Waals surface area (Å²) < 4.78 is 6.99. The van der Waals surface area contributed by atoms with Crippen LogP contribution in [0.5, 0.6) is 5.75 Å². The molecule has 1 heterocycles. The summed E-state index contributed by atoms with van der Waals surface area (Å²) in [5, 5.41) is 4.11. The maximum atomic E-state index is 12.8. The topological polar surface area (TPSA) is 60.2 Å². The molecule has 0 radical (unpaired) electrons. The van der Waals surface area contributed by atoms with E-state index in [1.807, 2.05) is 43.3 Å². The third-order valence-corrected chi connectivity index (χ3v) is 4.30. The van der Waals surface area contributed by atoms with Crippen molar-refractivity contribution < 1.29 is 9.53 Å². The number of para-hydroxylation sites is 1. The number of carbonyl (C=O) groups is 1. The van der Waals surface area contributed by atoms with E-state index in [2.05, 4.69) is 10.1 Å². The van der Waals surface area contributed by atoms with Gasteiger partial charge in [0, 0.05) is 7.05 Å². The largest absolute Gasteiger partial charge is 0.496 e. The summed E-state index contributed by atoms with van der Waals surface area (Å²) in [7, 11) is 3.36. The van der Waals surface area contributed by atoms with E-state index >= 15 is 0 Å². The van der Waals surface area contributed by atoms with Crippen molar-refractivity contribution in [2.45, 2.75) is 13.0 Å². The van der Waals surface area contributed by atoms with Gasteiger partial charge in [-0.25, -0.2) is 9.67 Å². The lowest BCUT2D eigenvalue weighted by Gasteiger charge is -2.26. The molecule has 128 valence electrons. The van der Waals surface area contributed by atoms with E-state index in [0.717, 1.165) is 11.3 Å². The molecule has 6 nitrogen and oxygen atoms in total. The number of hydrogen-bond acceptors (Lipinski definition) is 4. The van der Waals surface area contributed by atoms with Crippen molar-refractivity contribution in [1.29, 1.82) is 0 Å². The zero-order valence-corrected chi connectivity index (χ0v) is 14.5. The molecule has 6 heteroatoms. The van der Waals surface area contributed by atoms with Crippen LogP contribution >= 0.6 is 0 Å². The predicted molar refractivity (Wildman–Crippen MR) is 94.9 cm³/mol. The summed E-state index contributed by atoms with van der Waals surface area (Å²) >= 11 is 0. The first kappa shape index (κ1) is 16.7. The molecule has 0 aliphatic heterocycles. The Hall–Kier alpha value is -3.15. The van der Waals surface area contributed by atoms with Crippen LogP contribution in [0.3, 0.4) is 0 Å². The van der Waals surface area contributed by atoms with Crippen LogP contribution in [0, 0.1) is 0 Å². The molecule has 0 aliphatic carbocycles. The Morgan fingerprint density at radius 1 is 1.16 bits per heavy atom. The Morgan fingerprint density at radius 3 is 2.52 bits per heavy atom. The number of ether oxygens (including phenoxy) is 1. The van der Waals surface area contributed by atoms with Gasteiger partial charge >= 0.3 is 0 Å². The minimum atomic E-state index is -0.0813. The number of carbonyl (C=O) groups excluding carboxylic acids is 1. The quantitative estimate of drug-likeness (QED) is 0.718. The van der Waals surface area contributed by atoms with Crippen molar-refractivity contribution in [3.63, 3.8) is 0 Å². The first-order valence-electron chi connectivity index (χ1n) is 7.97. The number of amides is 1. The van der Waals surface area contributed by atoms with Gasteiger partial charge in [0.2, 0.25) is 0 Å². The second-order valence-corrected chi connectivity index (χ2v) is 5.72. The Kier molecular flexibility index (Phi) is 4.79. The highest BCUT2D eigenvalue weighted by Gasteiger charge is 2.21. The second kappa shape index (κ2) is 7.17. The molecule has 0 fully saturated rings. The van der Waals surface area contributed by atoms with E-state index in [4.69, 9.17) is 4.74 Å². The van der Waals surface area contributed by atoms with Gasteiger partial charge in [0.25, 0.3) is 5.91 Å². The molecule has 0 saturated carbocycles. The van der Waals surface area contributed by atoms with Gasteiger partial charge in [0.1, 0.15) is 18.4 Å². The summed E-state index contributed by atoms with van der Waals surface area (Å²) in [5.41, 5.74) is 2.51. The summed E-state index contributed by atoms with van der Waals surface area (Å²) in [6, 6.07) is 15.1. The minimum Gasteiger partial charge on any atom is -0.496 e. The normalized spacial score (nSPS) is 11.8. The Bertz CT molecular complexity index is 844. The van der Waals surface area contributed by atoms with Crippen molar-refractivity contribution in [3.8, 4) is 11.4 Å². The number of aromatic nitrogens is 3. The van der Waals surface area contributed by atoms with Crippen LogP contribution in [-0.2, 0) is 0 Å². The van der Waals surface area contributed by atoms with Crippen LogP contribution in [0.15, 0.2) is 61.2 Å². The monoisotopic (exact) mass is 336 g/mol. The average molecular weight is 336 g/mol. The standard InChI is InChI=1S/C19H20N4O2/c1-14(15-8-10-16(11-9-15)23-13-20-12-21-23)22(2)19(24)17-6-4-5-7-18(17)25-3/h4-14H,1-3H3/t14-/m1/s1. The maximum Gasteiger partial charge on any atom is 0.257 e. The highest BCUT2D eigenvalue weighted by molar-refractivity contribution is 5.97. The molecule has 0 saturated heterocycles. The smallest absolute Gasteiger partial charge is 0.257 e. The van der Waals surface area contributed by atoms with E-state index in [0.29, 0.717) is 11.3 Å². The van der Waals surface area contributed by atoms with Crippen molar-refractivity contribution in [1.82, 2.24) is 19.7 Å². The van der Waals surface area contributed by atoms with Gasteiger partial charge in [-0.15, -0.1) is 0 Å². The Labute approximate surface area is 146 Å². The minimum absolute atomic E-state index is 0.0784. The molecule has 1 amide bonds. The summed E-state index contributed by atoms with van der Waals surface area (Å²) in [6.45, 7) is 2.00. The van der Waals surface area contributed by atoms with Crippen LogP contribution in [0.1, 0.15) is 28.9 Å². The van der Waals surface area contributed by atoms with Crippen LogP contribution in [-0.4, -0.2) is 39.7 Å². The number of rotatable bonds is 5. The number of hydrogen-bond donors (Lipinski definition) is 0. The molecule has 3 rings (SSSR count). The lowest BCUT2D eigenvalue weighted by Crippen LogP contribution is -2.30. The molecule has 1 atom stereocenters. The lowest BCUT2D eigenvalue weighted by molar-refractivity contribution is 0.0739. The van der Waals surface area contributed by atoms with Gasteiger partial charge < -0.3 is 9.64 Å². The van der Waals surface area contributed by atoms with E-state index < -0.39 is 0 Å². The second-order valence-electron chi connectivity index (χ2n) is 5.72. The summed E-state index contributed by atoms with van der Waals surface area (Å²) in [6.07, 6.45) is 3.14. The summed E-state index contributed by atoms with van der Waals surface area (Å²) in [4.78, 5) is 18.5. The van der Waals surface area contributed by atoms with Gasteiger partial charge in [0.05, 0.1) is 24.4 Å². The fourth-order valence-electron chi connectivity index (χ4n) is 2.66. The third-order valence-electron chi connectivity index (χ3n) is 4.30. The molecule has 3 aromatic rings. The SMILES string of the molecule is COc1ccccc1C(=O)N(C)[C@H](C)c1ccc(-n2cncn2)cc1.